The van der Waals surface area contributed by atoms with Gasteiger partial charge in [0.2, 0.25) is 0 Å². The van der Waals surface area contributed by atoms with Crippen molar-refractivity contribution < 1.29 is 4.79 Å². The average molecular weight is 272 g/mol. The van der Waals surface area contributed by atoms with E-state index in [4.69, 9.17) is 0 Å². The van der Waals surface area contributed by atoms with Crippen molar-refractivity contribution in [3.63, 3.8) is 0 Å². The molecule has 2 atom stereocenters. The Morgan fingerprint density at radius 1 is 1.25 bits per heavy atom. The first-order valence-corrected chi connectivity index (χ1v) is 6.67. The summed E-state index contributed by atoms with van der Waals surface area (Å²) in [4.78, 5) is 11.9. The molecule has 0 fully saturated rings. The molecule has 0 unspecified atom stereocenters. The fourth-order valence-electron chi connectivity index (χ4n) is 2.03. The van der Waals surface area contributed by atoms with E-state index in [1.165, 1.54) is 5.56 Å². The molecule has 0 aliphatic rings. The molecular formula is C15H20N4O. The van der Waals surface area contributed by atoms with Crippen molar-refractivity contribution in [2.75, 3.05) is 5.32 Å². The molecule has 106 valence electrons. The highest BCUT2D eigenvalue weighted by atomic mass is 16.2. The van der Waals surface area contributed by atoms with Gasteiger partial charge in [-0.1, -0.05) is 37.3 Å². The molecule has 0 aliphatic heterocycles. The highest BCUT2D eigenvalue weighted by Crippen LogP contribution is 2.18. The summed E-state index contributed by atoms with van der Waals surface area (Å²) in [5, 5.41) is 9.72. The highest BCUT2D eigenvalue weighted by molar-refractivity contribution is 5.89. The normalized spacial score (nSPS) is 13.6. The highest BCUT2D eigenvalue weighted by Gasteiger charge is 2.16. The van der Waals surface area contributed by atoms with Crippen LogP contribution in [0.25, 0.3) is 0 Å². The van der Waals surface area contributed by atoms with Crippen LogP contribution in [0, 0.1) is 0 Å². The number of hydrogen-bond acceptors (Lipinski definition) is 2. The third-order valence-corrected chi connectivity index (χ3v) is 3.40. The number of anilines is 1. The van der Waals surface area contributed by atoms with Gasteiger partial charge in [0, 0.05) is 25.2 Å². The number of carbonyl (C=O) groups is 1. The lowest BCUT2D eigenvalue weighted by Gasteiger charge is -2.21. The van der Waals surface area contributed by atoms with Crippen molar-refractivity contribution in [2.24, 2.45) is 7.05 Å². The van der Waals surface area contributed by atoms with Crippen molar-refractivity contribution in [1.29, 1.82) is 0 Å². The molecule has 0 saturated heterocycles. The SMILES string of the molecule is C[C@H](NC(=O)Nc1cnn(C)c1)[C@@H](C)c1ccccc1. The van der Waals surface area contributed by atoms with Gasteiger partial charge in [-0.2, -0.15) is 5.10 Å². The summed E-state index contributed by atoms with van der Waals surface area (Å²) in [6.45, 7) is 4.10. The van der Waals surface area contributed by atoms with Gasteiger partial charge in [0.1, 0.15) is 0 Å². The van der Waals surface area contributed by atoms with E-state index in [2.05, 4.69) is 34.8 Å². The zero-order valence-electron chi connectivity index (χ0n) is 12.0. The van der Waals surface area contributed by atoms with Crippen LogP contribution in [0.2, 0.25) is 0 Å². The molecule has 2 aromatic rings. The number of nitrogens with zero attached hydrogens (tertiary/aromatic N) is 2. The number of hydrogen-bond donors (Lipinski definition) is 2. The largest absolute Gasteiger partial charge is 0.335 e. The molecule has 0 aliphatic carbocycles. The first kappa shape index (κ1) is 14.1. The Kier molecular flexibility index (Phi) is 4.40. The van der Waals surface area contributed by atoms with Gasteiger partial charge < -0.3 is 10.6 Å². The van der Waals surface area contributed by atoms with Gasteiger partial charge in [0.25, 0.3) is 0 Å². The summed E-state index contributed by atoms with van der Waals surface area (Å²) >= 11 is 0. The molecule has 0 radical (unpaired) electrons. The van der Waals surface area contributed by atoms with Gasteiger partial charge in [-0.25, -0.2) is 4.79 Å². The van der Waals surface area contributed by atoms with Crippen molar-refractivity contribution in [3.05, 3.63) is 48.3 Å². The number of nitrogens with one attached hydrogen (secondary N) is 2. The number of amides is 2. The second-order valence-corrected chi connectivity index (χ2v) is 4.99. The Labute approximate surface area is 119 Å². The smallest absolute Gasteiger partial charge is 0.319 e. The summed E-state index contributed by atoms with van der Waals surface area (Å²) in [7, 11) is 1.81. The standard InChI is InChI=1S/C15H20N4O/c1-11(13-7-5-4-6-8-13)12(2)17-15(20)18-14-9-16-19(3)10-14/h4-12H,1-3H3,(H2,17,18,20)/t11-,12+/m1/s1. The number of aromatic nitrogens is 2. The molecule has 2 N–H and O–H groups in total. The van der Waals surface area contributed by atoms with Gasteiger partial charge in [-0.3, -0.25) is 4.68 Å². The number of rotatable bonds is 4. The molecule has 2 amide bonds. The van der Waals surface area contributed by atoms with Crippen molar-refractivity contribution >= 4 is 11.7 Å². The molecule has 20 heavy (non-hydrogen) atoms. The second-order valence-electron chi connectivity index (χ2n) is 4.99. The quantitative estimate of drug-likeness (QED) is 0.899. The van der Waals surface area contributed by atoms with Gasteiger partial charge in [0.05, 0.1) is 11.9 Å². The van der Waals surface area contributed by atoms with Crippen molar-refractivity contribution in [1.82, 2.24) is 15.1 Å². The molecule has 1 aromatic carbocycles. The van der Waals surface area contributed by atoms with Gasteiger partial charge in [-0.05, 0) is 12.5 Å². The van der Waals surface area contributed by atoms with Crippen LogP contribution in [0.1, 0.15) is 25.3 Å². The van der Waals surface area contributed by atoms with Crippen molar-refractivity contribution in [2.45, 2.75) is 25.8 Å². The molecule has 5 nitrogen and oxygen atoms in total. The van der Waals surface area contributed by atoms with E-state index in [1.807, 2.05) is 32.2 Å². The summed E-state index contributed by atoms with van der Waals surface area (Å²) in [5.41, 5.74) is 1.89. The minimum absolute atomic E-state index is 0.0362. The number of benzene rings is 1. The summed E-state index contributed by atoms with van der Waals surface area (Å²) in [6, 6.07) is 9.97. The van der Waals surface area contributed by atoms with Crippen LogP contribution in [-0.2, 0) is 7.05 Å². The van der Waals surface area contributed by atoms with E-state index in [9.17, 15) is 4.79 Å². The number of carbonyl (C=O) groups excluding carboxylic acids is 1. The minimum atomic E-state index is -0.215. The van der Waals surface area contributed by atoms with Crippen molar-refractivity contribution in [3.8, 4) is 0 Å². The Morgan fingerprint density at radius 2 is 1.95 bits per heavy atom. The van der Waals surface area contributed by atoms with Crippen LogP contribution in [0.5, 0.6) is 0 Å². The maximum atomic E-state index is 11.9. The Hall–Kier alpha value is -2.30. The van der Waals surface area contributed by atoms with Crippen LogP contribution in [0.15, 0.2) is 42.7 Å². The summed E-state index contributed by atoms with van der Waals surface area (Å²) < 4.78 is 1.64. The van der Waals surface area contributed by atoms with E-state index in [-0.39, 0.29) is 18.0 Å². The third-order valence-electron chi connectivity index (χ3n) is 3.40. The Balaban J connectivity index is 1.90. The molecule has 2 rings (SSSR count). The number of urea groups is 1. The van der Waals surface area contributed by atoms with Crippen LogP contribution >= 0.6 is 0 Å². The monoisotopic (exact) mass is 272 g/mol. The predicted octanol–water partition coefficient (Wildman–Crippen LogP) is 2.73. The Morgan fingerprint density at radius 3 is 2.55 bits per heavy atom. The third kappa shape index (κ3) is 3.60. The zero-order chi connectivity index (χ0) is 14.5. The summed E-state index contributed by atoms with van der Waals surface area (Å²) in [5.74, 6) is 0.246. The lowest BCUT2D eigenvalue weighted by Crippen LogP contribution is -2.38. The average Bonchev–Trinajstić information content (AvgIpc) is 2.84. The molecule has 1 aromatic heterocycles. The molecule has 0 spiro atoms. The first-order valence-electron chi connectivity index (χ1n) is 6.67. The fourth-order valence-corrected chi connectivity index (χ4v) is 2.03. The lowest BCUT2D eigenvalue weighted by molar-refractivity contribution is 0.248. The predicted molar refractivity (Wildman–Crippen MR) is 79.7 cm³/mol. The maximum Gasteiger partial charge on any atom is 0.319 e. The lowest BCUT2D eigenvalue weighted by atomic mass is 9.95. The van der Waals surface area contributed by atoms with E-state index in [0.29, 0.717) is 5.69 Å². The van der Waals surface area contributed by atoms with Crippen LogP contribution in [-0.4, -0.2) is 21.9 Å². The molecule has 0 saturated carbocycles. The zero-order valence-corrected chi connectivity index (χ0v) is 12.0. The van der Waals surface area contributed by atoms with Crippen LogP contribution in [0.4, 0.5) is 10.5 Å². The molecule has 1 heterocycles. The van der Waals surface area contributed by atoms with Gasteiger partial charge in [-0.15, -0.1) is 0 Å². The van der Waals surface area contributed by atoms with E-state index < -0.39 is 0 Å². The summed E-state index contributed by atoms with van der Waals surface area (Å²) in [6.07, 6.45) is 3.37. The van der Waals surface area contributed by atoms with E-state index in [1.54, 1.807) is 17.1 Å². The maximum absolute atomic E-state index is 11.9. The molecular weight excluding hydrogens is 252 g/mol. The van der Waals surface area contributed by atoms with Crippen LogP contribution in [0.3, 0.4) is 0 Å². The second kappa shape index (κ2) is 6.23. The number of aryl methyl sites for hydroxylation is 1. The topological polar surface area (TPSA) is 59.0 Å². The first-order chi connectivity index (χ1) is 9.56. The van der Waals surface area contributed by atoms with E-state index >= 15 is 0 Å². The molecule has 0 bridgehead atoms. The molecule has 5 heteroatoms. The van der Waals surface area contributed by atoms with Crippen LogP contribution < -0.4 is 10.6 Å². The van der Waals surface area contributed by atoms with E-state index in [0.717, 1.165) is 0 Å². The Bertz CT molecular complexity index is 564. The van der Waals surface area contributed by atoms with Gasteiger partial charge >= 0.3 is 6.03 Å². The minimum Gasteiger partial charge on any atom is -0.335 e. The van der Waals surface area contributed by atoms with Gasteiger partial charge in [0.15, 0.2) is 0 Å². The fraction of sp³-hybridized carbons (Fsp3) is 0.333.